The quantitative estimate of drug-likeness (QED) is 0.155. The van der Waals surface area contributed by atoms with Crippen LogP contribution in [0, 0.1) is 41.5 Å². The van der Waals surface area contributed by atoms with Crippen LogP contribution < -0.4 is 26.4 Å². The van der Waals surface area contributed by atoms with Gasteiger partial charge in [0.1, 0.15) is 76.9 Å². The van der Waals surface area contributed by atoms with Crippen LogP contribution in [0.25, 0.3) is 97.8 Å². The smallest absolute Gasteiger partial charge is 0.322 e. The van der Waals surface area contributed by atoms with E-state index in [2.05, 4.69) is 315 Å². The normalized spacial score (nSPS) is 11.6. The number of hydrogen-bond donors (Lipinski definition) is 0. The van der Waals surface area contributed by atoms with E-state index < -0.39 is 0 Å². The summed E-state index contributed by atoms with van der Waals surface area (Å²) in [4.78, 5) is 11.4. The molecule has 97 heavy (non-hydrogen) atoms. The molecule has 18 aromatic rings. The van der Waals surface area contributed by atoms with E-state index >= 15 is 0 Å². The first-order chi connectivity index (χ1) is 46.8. The van der Waals surface area contributed by atoms with Gasteiger partial charge in [0.05, 0.1) is 75.2 Å². The highest BCUT2D eigenvalue weighted by atomic mass is 32.1. The maximum absolute atomic E-state index is 5.63. The standard InChI is InChI=1S/C15H17N2.C13H15N2O.2C13H15N2S.C12H14N3O.C12H14N3S/c1-4-13-10-17-9-8-12-7-5-6-11(2)14(12)15(17)16(13)3;1-4-10-7-15-12(14(10)3)6-5-11-9(2)8-16-13(11)15;1-4-10-7-15-12(14(10)3)6-5-11-13(15)9(2)8-16-11;1-4-10-7-15-12(14(10)3)6-5-11-9(2)8-16-13(11)15;2*1-4-9-7-15-11(14(9)3)6-5-10-12(15)16-8(2)13-10/h5-10H,4H2,1-3H3;3*5-8H,4H2,1-3H3;2*5-7H,4H2,1-3H3/q6*+1. The Kier molecular flexibility index (Phi) is 18.3. The van der Waals surface area contributed by atoms with Gasteiger partial charge < -0.3 is 8.83 Å². The number of imidazole rings is 6. The molecule has 19 heteroatoms. The zero-order valence-electron chi connectivity index (χ0n) is 59.4. The SMILES string of the molecule is CCc1c[n+]2c3c(C)csc3ccc2n1C.CCc1c[n+]2c3oc(C)nc3ccc2n1C.CCc1c[n+]2c3occ(C)c3ccc2n1C.CCc1c[n+]2c3sc(C)nc3ccc2n1C.CCc1c[n+]2c3scc(C)c3ccc2n1C.CCc1c[n+]2ccc3cccc(C)c3c2n1C. The summed E-state index contributed by atoms with van der Waals surface area (Å²) in [5.41, 5.74) is 25.8. The molecule has 0 saturated heterocycles. The first kappa shape index (κ1) is 66.1. The van der Waals surface area contributed by atoms with Crippen molar-refractivity contribution < 1.29 is 35.2 Å². The Morgan fingerprint density at radius 2 is 0.918 bits per heavy atom. The molecule has 0 radical (unpaired) electrons. The topological polar surface area (TPSA) is 106 Å². The summed E-state index contributed by atoms with van der Waals surface area (Å²) in [5.74, 6) is 0.705. The number of pyridine rings is 6. The second-order valence-electron chi connectivity index (χ2n) is 25.3. The number of rotatable bonds is 6. The van der Waals surface area contributed by atoms with Gasteiger partial charge in [-0.05, 0) is 104 Å². The van der Waals surface area contributed by atoms with Crippen LogP contribution in [0.4, 0.5) is 0 Å². The summed E-state index contributed by atoms with van der Waals surface area (Å²) in [6, 6.07) is 30.1. The van der Waals surface area contributed by atoms with E-state index in [1.807, 2.05) is 41.9 Å². The Labute approximate surface area is 577 Å². The third-order valence-corrected chi connectivity index (χ3v) is 22.6. The predicted octanol–water partition coefficient (Wildman–Crippen LogP) is 14.9. The van der Waals surface area contributed by atoms with E-state index in [1.165, 1.54) is 126 Å². The highest BCUT2D eigenvalue weighted by Gasteiger charge is 2.24. The molecule has 18 rings (SSSR count). The van der Waals surface area contributed by atoms with Crippen LogP contribution in [0.2, 0.25) is 0 Å². The molecule has 1 aromatic carbocycles. The number of thiophene rings is 2. The predicted molar refractivity (Wildman–Crippen MR) is 395 cm³/mol. The van der Waals surface area contributed by atoms with Gasteiger partial charge in [0, 0.05) is 86.7 Å². The summed E-state index contributed by atoms with van der Waals surface area (Å²) >= 11 is 5.40. The molecule has 0 unspecified atom stereocenters. The van der Waals surface area contributed by atoms with Crippen LogP contribution in [0.15, 0.2) is 154 Å². The van der Waals surface area contributed by atoms with Gasteiger partial charge in [-0.15, -0.1) is 22.7 Å². The molecule has 0 amide bonds. The molecule has 0 aliphatic carbocycles. The zero-order chi connectivity index (χ0) is 68.4. The summed E-state index contributed by atoms with van der Waals surface area (Å²) in [5, 5.41) is 10.8. The number of thiazole rings is 1. The van der Waals surface area contributed by atoms with Gasteiger partial charge in [-0.2, -0.15) is 22.0 Å². The number of aryl methyl sites for hydroxylation is 18. The van der Waals surface area contributed by atoms with E-state index in [9.17, 15) is 0 Å². The van der Waals surface area contributed by atoms with Gasteiger partial charge in [0.2, 0.25) is 4.83 Å². The van der Waals surface area contributed by atoms with E-state index in [0.717, 1.165) is 71.6 Å². The van der Waals surface area contributed by atoms with E-state index in [1.54, 1.807) is 11.3 Å². The fourth-order valence-electron chi connectivity index (χ4n) is 13.9. The summed E-state index contributed by atoms with van der Waals surface area (Å²) in [7, 11) is 12.7. The van der Waals surface area contributed by atoms with Gasteiger partial charge in [0.15, 0.2) is 21.8 Å². The maximum Gasteiger partial charge on any atom is 0.322 e. The van der Waals surface area contributed by atoms with Gasteiger partial charge in [0.25, 0.3) is 33.9 Å². The molecule has 0 fully saturated rings. The number of oxazole rings is 1. The Morgan fingerprint density at radius 3 is 1.53 bits per heavy atom. The Morgan fingerprint density at radius 1 is 0.423 bits per heavy atom. The Bertz CT molecular complexity index is 5630. The van der Waals surface area contributed by atoms with Crippen molar-refractivity contribution in [3.05, 3.63) is 213 Å². The molecule has 0 aliphatic rings. The van der Waals surface area contributed by atoms with Crippen LogP contribution >= 0.6 is 34.0 Å². The third-order valence-electron chi connectivity index (χ3n) is 19.4. The van der Waals surface area contributed by atoms with Crippen molar-refractivity contribution >= 4 is 132 Å². The lowest BCUT2D eigenvalue weighted by Crippen LogP contribution is -2.20. The lowest BCUT2D eigenvalue weighted by Gasteiger charge is -2.01. The van der Waals surface area contributed by atoms with Crippen molar-refractivity contribution in [3.8, 4) is 0 Å². The minimum atomic E-state index is 0.705. The van der Waals surface area contributed by atoms with Crippen LogP contribution in [0.3, 0.4) is 0 Å². The Hall–Kier alpha value is -9.56. The van der Waals surface area contributed by atoms with Crippen LogP contribution in [0.1, 0.15) is 109 Å². The van der Waals surface area contributed by atoms with Crippen molar-refractivity contribution in [3.63, 3.8) is 0 Å². The minimum absolute atomic E-state index is 0.705. The summed E-state index contributed by atoms with van der Waals surface area (Å²) < 4.78 is 39.4. The number of aromatic nitrogens is 14. The molecule has 0 bridgehead atoms. The van der Waals surface area contributed by atoms with Crippen molar-refractivity contribution in [1.29, 1.82) is 0 Å². The minimum Gasteiger partial charge on any atom is -0.430 e. The van der Waals surface area contributed by atoms with Crippen molar-refractivity contribution in [1.82, 2.24) is 37.4 Å². The molecule has 0 aliphatic heterocycles. The molecule has 17 aromatic heterocycles. The first-order valence-electron chi connectivity index (χ1n) is 33.8. The van der Waals surface area contributed by atoms with E-state index in [4.69, 9.17) is 8.83 Å². The first-order valence-corrected chi connectivity index (χ1v) is 36.4. The average Bonchev–Trinajstić information content (AvgIpc) is 1.61. The van der Waals surface area contributed by atoms with Crippen LogP contribution in [-0.2, 0) is 80.8 Å². The average molecular weight is 1350 g/mol. The number of fused-ring (bicyclic) bond motifs is 18. The largest absolute Gasteiger partial charge is 0.430 e. The molecule has 496 valence electrons. The number of benzene rings is 1. The fourth-order valence-corrected chi connectivity index (χ4v) is 16.7. The van der Waals surface area contributed by atoms with E-state index in [-0.39, 0.29) is 0 Å². The monoisotopic (exact) mass is 1350 g/mol. The molecule has 0 spiro atoms. The summed E-state index contributed by atoms with van der Waals surface area (Å²) in [6.07, 6.45) is 23.5. The molecule has 17 heterocycles. The van der Waals surface area contributed by atoms with Gasteiger partial charge in [-0.3, -0.25) is 0 Å². The maximum atomic E-state index is 5.63. The molecule has 16 nitrogen and oxygen atoms in total. The van der Waals surface area contributed by atoms with Gasteiger partial charge in [-0.1, -0.05) is 71.1 Å². The Balaban J connectivity index is 0.000000105. The second kappa shape index (κ2) is 26.8. The lowest BCUT2D eigenvalue weighted by molar-refractivity contribution is -0.509. The second-order valence-corrected chi connectivity index (χ2v) is 28.3. The third kappa shape index (κ3) is 11.7. The van der Waals surface area contributed by atoms with Crippen molar-refractivity contribution in [2.45, 2.75) is 122 Å². The molecule has 0 N–H and O–H groups in total. The van der Waals surface area contributed by atoms with Crippen LogP contribution in [0.5, 0.6) is 0 Å². The van der Waals surface area contributed by atoms with Crippen molar-refractivity contribution in [2.24, 2.45) is 42.3 Å². The summed E-state index contributed by atoms with van der Waals surface area (Å²) in [6.45, 7) is 25.6. The van der Waals surface area contributed by atoms with Crippen LogP contribution in [-0.4, -0.2) is 37.4 Å². The van der Waals surface area contributed by atoms with Gasteiger partial charge in [-0.25, -0.2) is 41.8 Å². The highest BCUT2D eigenvalue weighted by Crippen LogP contribution is 2.27. The van der Waals surface area contributed by atoms with E-state index in [0.29, 0.717) is 5.89 Å². The molecule has 0 atom stereocenters. The number of hydrogen-bond acceptors (Lipinski definition) is 7. The number of furan rings is 1. The van der Waals surface area contributed by atoms with Crippen molar-refractivity contribution in [2.75, 3.05) is 0 Å². The molecule has 0 saturated carbocycles. The fraction of sp³-hybridized carbons (Fsp3) is 0.308. The molecular weight excluding hydrogens is 1260 g/mol. The highest BCUT2D eigenvalue weighted by molar-refractivity contribution is 7.18. The van der Waals surface area contributed by atoms with Gasteiger partial charge >= 0.3 is 11.4 Å². The molecular formula is C78H90N14O2S3+6. The number of nitrogens with zero attached hydrogens (tertiary/aromatic N) is 14. The zero-order valence-corrected chi connectivity index (χ0v) is 61.9. The lowest BCUT2D eigenvalue weighted by atomic mass is 10.1.